The lowest BCUT2D eigenvalue weighted by molar-refractivity contribution is -0.113. The standard InChI is InChI=1S/C20H17IN4OS/c1-12-10-18-23-24-20(25(18)17-6-4-3-5-15(12)17)27-11-19(26)22-16-8-7-14(21)9-13(16)2/h3-10H,11H2,1-2H3,(H,22,26). The van der Waals surface area contributed by atoms with Crippen LogP contribution < -0.4 is 5.32 Å². The van der Waals surface area contributed by atoms with Gasteiger partial charge < -0.3 is 5.32 Å². The number of amides is 1. The number of thioether (sulfide) groups is 1. The number of rotatable bonds is 4. The molecule has 0 spiro atoms. The third-order valence-corrected chi connectivity index (χ3v) is 5.97. The largest absolute Gasteiger partial charge is 0.325 e. The van der Waals surface area contributed by atoms with Gasteiger partial charge in [0.1, 0.15) is 0 Å². The van der Waals surface area contributed by atoms with Gasteiger partial charge in [-0.2, -0.15) is 0 Å². The average molecular weight is 488 g/mol. The molecule has 2 heterocycles. The van der Waals surface area contributed by atoms with Crippen LogP contribution in [0.4, 0.5) is 5.69 Å². The molecule has 0 aliphatic carbocycles. The van der Waals surface area contributed by atoms with E-state index in [4.69, 9.17) is 0 Å². The summed E-state index contributed by atoms with van der Waals surface area (Å²) in [6.45, 7) is 4.06. The minimum absolute atomic E-state index is 0.0579. The summed E-state index contributed by atoms with van der Waals surface area (Å²) in [4.78, 5) is 12.4. The quantitative estimate of drug-likeness (QED) is 0.330. The molecule has 0 radical (unpaired) electrons. The lowest BCUT2D eigenvalue weighted by Gasteiger charge is -2.09. The molecule has 0 unspecified atom stereocenters. The monoisotopic (exact) mass is 488 g/mol. The summed E-state index contributed by atoms with van der Waals surface area (Å²) in [5, 5.41) is 13.4. The predicted octanol–water partition coefficient (Wildman–Crippen LogP) is 4.83. The van der Waals surface area contributed by atoms with E-state index in [-0.39, 0.29) is 11.7 Å². The Morgan fingerprint density at radius 2 is 1.93 bits per heavy atom. The van der Waals surface area contributed by atoms with Gasteiger partial charge in [0.05, 0.1) is 11.3 Å². The van der Waals surface area contributed by atoms with E-state index in [2.05, 4.69) is 57.2 Å². The highest BCUT2D eigenvalue weighted by Crippen LogP contribution is 2.26. The van der Waals surface area contributed by atoms with Crippen LogP contribution in [0.5, 0.6) is 0 Å². The highest BCUT2D eigenvalue weighted by Gasteiger charge is 2.13. The molecule has 0 fully saturated rings. The summed E-state index contributed by atoms with van der Waals surface area (Å²) in [5.74, 6) is 0.214. The molecule has 1 N–H and O–H groups in total. The molecule has 0 aliphatic heterocycles. The normalized spacial score (nSPS) is 11.2. The second-order valence-electron chi connectivity index (χ2n) is 6.32. The number of aromatic nitrogens is 3. The first-order chi connectivity index (χ1) is 13.0. The number of halogens is 1. The van der Waals surface area contributed by atoms with E-state index in [0.717, 1.165) is 42.1 Å². The van der Waals surface area contributed by atoms with Gasteiger partial charge in [-0.25, -0.2) is 0 Å². The molecule has 4 aromatic rings. The predicted molar refractivity (Wildman–Crippen MR) is 118 cm³/mol. The molecule has 2 aromatic heterocycles. The molecule has 0 bridgehead atoms. The zero-order chi connectivity index (χ0) is 19.0. The number of carbonyl (C=O) groups is 1. The third kappa shape index (κ3) is 3.66. The minimum atomic E-state index is -0.0579. The van der Waals surface area contributed by atoms with Gasteiger partial charge in [-0.15, -0.1) is 10.2 Å². The fraction of sp³-hybridized carbons (Fsp3) is 0.150. The second kappa shape index (κ2) is 7.47. The van der Waals surface area contributed by atoms with Crippen molar-refractivity contribution in [3.8, 4) is 0 Å². The zero-order valence-corrected chi connectivity index (χ0v) is 17.8. The summed E-state index contributed by atoms with van der Waals surface area (Å²) < 4.78 is 3.16. The van der Waals surface area contributed by atoms with Crippen LogP contribution in [0, 0.1) is 17.4 Å². The third-order valence-electron chi connectivity index (χ3n) is 4.37. The lowest BCUT2D eigenvalue weighted by atomic mass is 10.1. The Labute approximate surface area is 174 Å². The average Bonchev–Trinajstić information content (AvgIpc) is 3.05. The maximum atomic E-state index is 12.4. The van der Waals surface area contributed by atoms with Crippen molar-refractivity contribution in [3.63, 3.8) is 0 Å². The molecule has 0 saturated carbocycles. The van der Waals surface area contributed by atoms with E-state index in [1.165, 1.54) is 11.8 Å². The van der Waals surface area contributed by atoms with Crippen LogP contribution in [-0.2, 0) is 4.79 Å². The number of anilines is 1. The van der Waals surface area contributed by atoms with Gasteiger partial charge in [0.25, 0.3) is 0 Å². The van der Waals surface area contributed by atoms with Gasteiger partial charge in [0.15, 0.2) is 10.8 Å². The Kier molecular flexibility index (Phi) is 5.05. The first-order valence-electron chi connectivity index (χ1n) is 8.45. The van der Waals surface area contributed by atoms with Crippen molar-refractivity contribution in [3.05, 3.63) is 63.2 Å². The van der Waals surface area contributed by atoms with Crippen LogP contribution in [0.3, 0.4) is 0 Å². The van der Waals surface area contributed by atoms with Crippen molar-refractivity contribution in [2.75, 3.05) is 11.1 Å². The molecule has 7 heteroatoms. The Hall–Kier alpha value is -2.13. The Bertz CT molecular complexity index is 1170. The van der Waals surface area contributed by atoms with Crippen LogP contribution in [0.1, 0.15) is 11.1 Å². The fourth-order valence-electron chi connectivity index (χ4n) is 3.05. The second-order valence-corrected chi connectivity index (χ2v) is 8.50. The molecule has 4 rings (SSSR count). The molecular weight excluding hydrogens is 471 g/mol. The number of carbonyl (C=O) groups excluding carboxylic acids is 1. The summed E-state index contributed by atoms with van der Waals surface area (Å²) in [6.07, 6.45) is 0. The maximum Gasteiger partial charge on any atom is 0.234 e. The maximum absolute atomic E-state index is 12.4. The van der Waals surface area contributed by atoms with Crippen molar-refractivity contribution < 1.29 is 4.79 Å². The Morgan fingerprint density at radius 1 is 1.11 bits per heavy atom. The van der Waals surface area contributed by atoms with Gasteiger partial charge in [0, 0.05) is 14.6 Å². The molecule has 136 valence electrons. The number of hydrogen-bond acceptors (Lipinski definition) is 4. The Morgan fingerprint density at radius 3 is 2.74 bits per heavy atom. The highest BCUT2D eigenvalue weighted by atomic mass is 127. The number of pyridine rings is 1. The van der Waals surface area contributed by atoms with Crippen molar-refractivity contribution >= 4 is 62.5 Å². The number of nitrogens with zero attached hydrogens (tertiary/aromatic N) is 3. The number of benzene rings is 2. The molecule has 1 amide bonds. The topological polar surface area (TPSA) is 59.3 Å². The first kappa shape index (κ1) is 18.2. The first-order valence-corrected chi connectivity index (χ1v) is 10.5. The highest BCUT2D eigenvalue weighted by molar-refractivity contribution is 14.1. The Balaban J connectivity index is 1.57. The molecule has 0 atom stereocenters. The van der Waals surface area contributed by atoms with Gasteiger partial charge in [-0.1, -0.05) is 30.0 Å². The smallest absolute Gasteiger partial charge is 0.234 e. The molecule has 5 nitrogen and oxygen atoms in total. The number of hydrogen-bond donors (Lipinski definition) is 1. The lowest BCUT2D eigenvalue weighted by Crippen LogP contribution is -2.15. The van der Waals surface area contributed by atoms with Crippen LogP contribution in [0.25, 0.3) is 16.6 Å². The number of aryl methyl sites for hydroxylation is 2. The summed E-state index contributed by atoms with van der Waals surface area (Å²) in [7, 11) is 0. The molecule has 0 aliphatic rings. The SMILES string of the molecule is Cc1cc(I)ccc1NC(=O)CSc1nnc2cc(C)c3ccccc3n12. The van der Waals surface area contributed by atoms with Gasteiger partial charge in [0.2, 0.25) is 5.91 Å². The van der Waals surface area contributed by atoms with E-state index >= 15 is 0 Å². The number of fused-ring (bicyclic) bond motifs is 3. The van der Waals surface area contributed by atoms with Crippen molar-refractivity contribution in [2.24, 2.45) is 0 Å². The molecule has 0 saturated heterocycles. The van der Waals surface area contributed by atoms with Crippen LogP contribution in [-0.4, -0.2) is 26.3 Å². The van der Waals surface area contributed by atoms with Gasteiger partial charge in [-0.3, -0.25) is 9.20 Å². The van der Waals surface area contributed by atoms with Crippen molar-refractivity contribution in [1.82, 2.24) is 14.6 Å². The van der Waals surface area contributed by atoms with E-state index in [9.17, 15) is 4.79 Å². The summed E-state index contributed by atoms with van der Waals surface area (Å²) >= 11 is 3.65. The number of para-hydroxylation sites is 1. The molecule has 2 aromatic carbocycles. The van der Waals surface area contributed by atoms with Crippen LogP contribution in [0.15, 0.2) is 53.7 Å². The molecule has 27 heavy (non-hydrogen) atoms. The van der Waals surface area contributed by atoms with E-state index in [1.807, 2.05) is 47.7 Å². The van der Waals surface area contributed by atoms with Crippen LogP contribution >= 0.6 is 34.4 Å². The zero-order valence-electron chi connectivity index (χ0n) is 14.9. The van der Waals surface area contributed by atoms with Crippen LogP contribution in [0.2, 0.25) is 0 Å². The van der Waals surface area contributed by atoms with Gasteiger partial charge >= 0.3 is 0 Å². The van der Waals surface area contributed by atoms with Crippen molar-refractivity contribution in [1.29, 1.82) is 0 Å². The van der Waals surface area contributed by atoms with E-state index in [1.54, 1.807) is 0 Å². The van der Waals surface area contributed by atoms with Gasteiger partial charge in [-0.05, 0) is 77.9 Å². The summed E-state index contributed by atoms with van der Waals surface area (Å²) in [6, 6.07) is 16.1. The van der Waals surface area contributed by atoms with E-state index in [0.29, 0.717) is 0 Å². The fourth-order valence-corrected chi connectivity index (χ4v) is 4.45. The van der Waals surface area contributed by atoms with E-state index < -0.39 is 0 Å². The summed E-state index contributed by atoms with van der Waals surface area (Å²) in [5.41, 5.74) is 4.90. The molecular formula is C20H17IN4OS. The van der Waals surface area contributed by atoms with Crippen molar-refractivity contribution in [2.45, 2.75) is 19.0 Å². The number of nitrogens with one attached hydrogen (secondary N) is 1. The minimum Gasteiger partial charge on any atom is -0.325 e.